The van der Waals surface area contributed by atoms with Gasteiger partial charge in [0, 0.05) is 10.0 Å². The van der Waals surface area contributed by atoms with Crippen LogP contribution in [0.4, 0.5) is 0 Å². The fourth-order valence-electron chi connectivity index (χ4n) is 2.82. The van der Waals surface area contributed by atoms with Crippen molar-refractivity contribution in [3.05, 3.63) is 81.8 Å². The lowest BCUT2D eigenvalue weighted by Gasteiger charge is -2.17. The van der Waals surface area contributed by atoms with E-state index in [2.05, 4.69) is 21.2 Å². The molecule has 0 aromatic heterocycles. The van der Waals surface area contributed by atoms with Gasteiger partial charge in [-0.2, -0.15) is 0 Å². The Morgan fingerprint density at radius 2 is 1.76 bits per heavy atom. The summed E-state index contributed by atoms with van der Waals surface area (Å²) in [6.45, 7) is 1.93. The predicted octanol–water partition coefficient (Wildman–Crippen LogP) is 4.79. The summed E-state index contributed by atoms with van der Waals surface area (Å²) < 4.78 is 0.380. The van der Waals surface area contributed by atoms with Gasteiger partial charge in [0.05, 0.1) is 11.6 Å². The highest BCUT2D eigenvalue weighted by molar-refractivity contribution is 9.10. The van der Waals surface area contributed by atoms with Crippen LogP contribution >= 0.6 is 15.9 Å². The van der Waals surface area contributed by atoms with Gasteiger partial charge in [-0.05, 0) is 57.4 Å². The molecule has 3 aromatic carbocycles. The molecule has 1 unspecified atom stereocenters. The maximum Gasteiger partial charge on any atom is 0.336 e. The first kappa shape index (κ1) is 17.2. The third-order valence-electron chi connectivity index (χ3n) is 4.10. The summed E-state index contributed by atoms with van der Waals surface area (Å²) in [7, 11) is 0. The van der Waals surface area contributed by atoms with Gasteiger partial charge in [0.2, 0.25) is 0 Å². The van der Waals surface area contributed by atoms with E-state index in [0.29, 0.717) is 10.0 Å². The van der Waals surface area contributed by atoms with Gasteiger partial charge in [-0.15, -0.1) is 0 Å². The van der Waals surface area contributed by atoms with Gasteiger partial charge in [-0.1, -0.05) is 42.5 Å². The lowest BCUT2D eigenvalue weighted by atomic mass is 9.99. The second kappa shape index (κ2) is 7.07. The van der Waals surface area contributed by atoms with E-state index in [4.69, 9.17) is 5.11 Å². The Balaban J connectivity index is 1.85. The van der Waals surface area contributed by atoms with Gasteiger partial charge < -0.3 is 10.4 Å². The predicted molar refractivity (Wildman–Crippen MR) is 101 cm³/mol. The van der Waals surface area contributed by atoms with Gasteiger partial charge >= 0.3 is 5.97 Å². The zero-order valence-corrected chi connectivity index (χ0v) is 15.1. The SMILES string of the molecule is CC(NC(=O)c1ccc(C(=O)O)c(Br)c1)c1cccc2ccccc12. The minimum absolute atomic E-state index is 0.124. The second-order valence-corrected chi connectivity index (χ2v) is 6.62. The summed E-state index contributed by atoms with van der Waals surface area (Å²) in [5.41, 5.74) is 1.57. The molecule has 0 saturated carbocycles. The van der Waals surface area contributed by atoms with Crippen molar-refractivity contribution in [1.29, 1.82) is 0 Å². The number of hydrogen-bond donors (Lipinski definition) is 2. The number of nitrogens with one attached hydrogen (secondary N) is 1. The summed E-state index contributed by atoms with van der Waals surface area (Å²) in [5.74, 6) is -1.29. The number of carboxylic acids is 1. The molecule has 4 nitrogen and oxygen atoms in total. The van der Waals surface area contributed by atoms with Crippen LogP contribution in [0.15, 0.2) is 65.1 Å². The summed E-state index contributed by atoms with van der Waals surface area (Å²) in [6.07, 6.45) is 0. The average molecular weight is 398 g/mol. The molecule has 3 aromatic rings. The minimum Gasteiger partial charge on any atom is -0.478 e. The molecule has 0 radical (unpaired) electrons. The molecule has 1 atom stereocenters. The van der Waals surface area contributed by atoms with Crippen molar-refractivity contribution >= 4 is 38.6 Å². The lowest BCUT2D eigenvalue weighted by molar-refractivity contribution is 0.0695. The fourth-order valence-corrected chi connectivity index (χ4v) is 3.36. The van der Waals surface area contributed by atoms with E-state index in [-0.39, 0.29) is 17.5 Å². The molecule has 0 saturated heterocycles. The molecule has 5 heteroatoms. The lowest BCUT2D eigenvalue weighted by Crippen LogP contribution is -2.26. The summed E-state index contributed by atoms with van der Waals surface area (Å²) in [6, 6.07) is 18.3. The van der Waals surface area contributed by atoms with E-state index in [1.54, 1.807) is 0 Å². The zero-order valence-electron chi connectivity index (χ0n) is 13.5. The highest BCUT2D eigenvalue weighted by Crippen LogP contribution is 2.25. The van der Waals surface area contributed by atoms with E-state index >= 15 is 0 Å². The van der Waals surface area contributed by atoms with Crippen LogP contribution in [-0.2, 0) is 0 Å². The second-order valence-electron chi connectivity index (χ2n) is 5.76. The third kappa shape index (κ3) is 3.56. The van der Waals surface area contributed by atoms with Crippen LogP contribution in [0.3, 0.4) is 0 Å². The van der Waals surface area contributed by atoms with Crippen LogP contribution in [0, 0.1) is 0 Å². The Kier molecular flexibility index (Phi) is 4.86. The van der Waals surface area contributed by atoms with Crippen LogP contribution in [-0.4, -0.2) is 17.0 Å². The van der Waals surface area contributed by atoms with Crippen molar-refractivity contribution in [2.75, 3.05) is 0 Å². The number of hydrogen-bond acceptors (Lipinski definition) is 2. The van der Waals surface area contributed by atoms with E-state index < -0.39 is 5.97 Å². The van der Waals surface area contributed by atoms with E-state index in [9.17, 15) is 9.59 Å². The highest BCUT2D eigenvalue weighted by Gasteiger charge is 2.16. The molecule has 0 spiro atoms. The molecule has 126 valence electrons. The van der Waals surface area contributed by atoms with Crippen molar-refractivity contribution < 1.29 is 14.7 Å². The molecular weight excluding hydrogens is 382 g/mol. The van der Waals surface area contributed by atoms with Crippen molar-refractivity contribution in [1.82, 2.24) is 5.32 Å². The molecule has 0 aliphatic carbocycles. The molecular formula is C20H16BrNO3. The smallest absolute Gasteiger partial charge is 0.336 e. The fraction of sp³-hybridized carbons (Fsp3) is 0.100. The molecule has 0 heterocycles. The Morgan fingerprint density at radius 3 is 2.48 bits per heavy atom. The van der Waals surface area contributed by atoms with Crippen LogP contribution < -0.4 is 5.32 Å². The van der Waals surface area contributed by atoms with Crippen molar-refractivity contribution in [2.45, 2.75) is 13.0 Å². The largest absolute Gasteiger partial charge is 0.478 e. The van der Waals surface area contributed by atoms with Gasteiger partial charge in [-0.25, -0.2) is 4.79 Å². The molecule has 3 rings (SSSR count). The quantitative estimate of drug-likeness (QED) is 0.664. The molecule has 0 aliphatic rings. The average Bonchev–Trinajstić information content (AvgIpc) is 2.60. The summed E-state index contributed by atoms with van der Waals surface area (Å²) in [5, 5.41) is 14.3. The normalized spacial score (nSPS) is 11.9. The molecule has 0 bridgehead atoms. The Bertz CT molecular complexity index is 963. The van der Waals surface area contributed by atoms with E-state index in [0.717, 1.165) is 16.3 Å². The van der Waals surface area contributed by atoms with Crippen LogP contribution in [0.2, 0.25) is 0 Å². The Labute approximate surface area is 153 Å². The van der Waals surface area contributed by atoms with Crippen LogP contribution in [0.25, 0.3) is 10.8 Å². The van der Waals surface area contributed by atoms with E-state index in [1.807, 2.05) is 49.4 Å². The molecule has 0 fully saturated rings. The molecule has 1 amide bonds. The van der Waals surface area contributed by atoms with Crippen molar-refractivity contribution in [3.63, 3.8) is 0 Å². The topological polar surface area (TPSA) is 66.4 Å². The monoisotopic (exact) mass is 397 g/mol. The number of aromatic carboxylic acids is 1. The van der Waals surface area contributed by atoms with E-state index in [1.165, 1.54) is 18.2 Å². The number of benzene rings is 3. The first-order valence-electron chi connectivity index (χ1n) is 7.78. The maximum atomic E-state index is 12.5. The molecule has 25 heavy (non-hydrogen) atoms. The Morgan fingerprint density at radius 1 is 1.04 bits per heavy atom. The Hall–Kier alpha value is -2.66. The minimum atomic E-state index is -1.04. The molecule has 2 N–H and O–H groups in total. The summed E-state index contributed by atoms with van der Waals surface area (Å²) in [4.78, 5) is 23.6. The number of carbonyl (C=O) groups excluding carboxylic acids is 1. The first-order valence-corrected chi connectivity index (χ1v) is 8.58. The highest BCUT2D eigenvalue weighted by atomic mass is 79.9. The number of amides is 1. The third-order valence-corrected chi connectivity index (χ3v) is 4.76. The number of fused-ring (bicyclic) bond motifs is 1. The number of carbonyl (C=O) groups is 2. The van der Waals surface area contributed by atoms with Crippen molar-refractivity contribution in [2.24, 2.45) is 0 Å². The van der Waals surface area contributed by atoms with Crippen molar-refractivity contribution in [3.8, 4) is 0 Å². The number of carboxylic acid groups (broad SMARTS) is 1. The van der Waals surface area contributed by atoms with Crippen LogP contribution in [0.5, 0.6) is 0 Å². The molecule has 0 aliphatic heterocycles. The zero-order chi connectivity index (χ0) is 18.0. The van der Waals surface area contributed by atoms with Gasteiger partial charge in [0.1, 0.15) is 0 Å². The first-order chi connectivity index (χ1) is 12.0. The summed E-state index contributed by atoms with van der Waals surface area (Å²) >= 11 is 3.20. The van der Waals surface area contributed by atoms with Gasteiger partial charge in [0.15, 0.2) is 0 Å². The number of rotatable bonds is 4. The van der Waals surface area contributed by atoms with Gasteiger partial charge in [0.25, 0.3) is 5.91 Å². The number of halogens is 1. The van der Waals surface area contributed by atoms with Gasteiger partial charge in [-0.3, -0.25) is 4.79 Å². The van der Waals surface area contributed by atoms with Crippen LogP contribution in [0.1, 0.15) is 39.2 Å². The standard InChI is InChI=1S/C20H16BrNO3/c1-12(15-8-4-6-13-5-2-3-7-16(13)15)22-19(23)14-9-10-17(20(24)25)18(21)11-14/h2-12H,1H3,(H,22,23)(H,24,25). The maximum absolute atomic E-state index is 12.5.